The monoisotopic (exact) mass is 246 g/mol. The van der Waals surface area contributed by atoms with E-state index in [1.807, 2.05) is 6.92 Å². The minimum atomic E-state index is -4.28. The largest absolute Gasteiger partial charge is 0.502 e. The first kappa shape index (κ1) is 13.2. The summed E-state index contributed by atoms with van der Waals surface area (Å²) in [5, 5.41) is 8.25. The van der Waals surface area contributed by atoms with Gasteiger partial charge in [0.15, 0.2) is 11.5 Å². The predicted octanol–water partition coefficient (Wildman–Crippen LogP) is 2.31. The van der Waals surface area contributed by atoms with Crippen molar-refractivity contribution in [2.75, 3.05) is 7.11 Å². The maximum absolute atomic E-state index is 12.9. The molecule has 0 radical (unpaired) electrons. The highest BCUT2D eigenvalue weighted by molar-refractivity contribution is 5.74. The summed E-state index contributed by atoms with van der Waals surface area (Å²) in [5.74, 6) is -2.58. The van der Waals surface area contributed by atoms with E-state index < -0.39 is 12.1 Å². The van der Waals surface area contributed by atoms with Gasteiger partial charge >= 0.3 is 12.1 Å². The SMILES string of the molecule is CCc1ccc(OC(F)(F)C(=O)O)c(OC)c1. The Morgan fingerprint density at radius 3 is 2.53 bits per heavy atom. The molecule has 0 amide bonds. The van der Waals surface area contributed by atoms with Gasteiger partial charge in [-0.2, -0.15) is 8.78 Å². The standard InChI is InChI=1S/C11H12F2O4/c1-3-7-4-5-8(9(6-7)16-2)17-11(12,13)10(14)15/h4-6H,3H2,1-2H3,(H,14,15). The van der Waals surface area contributed by atoms with Crippen molar-refractivity contribution < 1.29 is 28.2 Å². The molecule has 0 spiro atoms. The van der Waals surface area contributed by atoms with E-state index in [0.29, 0.717) is 6.42 Å². The van der Waals surface area contributed by atoms with Crippen molar-refractivity contribution in [1.82, 2.24) is 0 Å². The fraction of sp³-hybridized carbons (Fsp3) is 0.364. The summed E-state index contributed by atoms with van der Waals surface area (Å²) >= 11 is 0. The van der Waals surface area contributed by atoms with Gasteiger partial charge in [0.2, 0.25) is 0 Å². The summed E-state index contributed by atoms with van der Waals surface area (Å²) in [6.07, 6.45) is -3.58. The van der Waals surface area contributed by atoms with Gasteiger partial charge in [-0.15, -0.1) is 0 Å². The summed E-state index contributed by atoms with van der Waals surface area (Å²) in [6, 6.07) is 4.34. The van der Waals surface area contributed by atoms with Crippen molar-refractivity contribution in [1.29, 1.82) is 0 Å². The number of benzene rings is 1. The molecule has 94 valence electrons. The van der Waals surface area contributed by atoms with Gasteiger partial charge in [-0.05, 0) is 24.1 Å². The molecule has 6 heteroatoms. The second kappa shape index (κ2) is 4.99. The lowest BCUT2D eigenvalue weighted by atomic mass is 10.1. The maximum Gasteiger partial charge on any atom is 0.502 e. The third kappa shape index (κ3) is 3.05. The van der Waals surface area contributed by atoms with Crippen LogP contribution in [0.25, 0.3) is 0 Å². The van der Waals surface area contributed by atoms with E-state index in [0.717, 1.165) is 5.56 Å². The van der Waals surface area contributed by atoms with E-state index in [1.54, 1.807) is 6.07 Å². The van der Waals surface area contributed by atoms with Crippen LogP contribution in [0.5, 0.6) is 11.5 Å². The lowest BCUT2D eigenvalue weighted by Crippen LogP contribution is -2.34. The number of carboxylic acid groups (broad SMARTS) is 1. The van der Waals surface area contributed by atoms with Crippen LogP contribution in [0.2, 0.25) is 0 Å². The number of ether oxygens (including phenoxy) is 2. The molecule has 17 heavy (non-hydrogen) atoms. The van der Waals surface area contributed by atoms with E-state index in [2.05, 4.69) is 4.74 Å². The number of carboxylic acids is 1. The molecule has 1 aromatic carbocycles. The number of hydrogen-bond donors (Lipinski definition) is 1. The Labute approximate surface area is 96.8 Å². The van der Waals surface area contributed by atoms with Crippen LogP contribution >= 0.6 is 0 Å². The molecule has 0 saturated carbocycles. The van der Waals surface area contributed by atoms with Crippen LogP contribution < -0.4 is 9.47 Å². The minimum Gasteiger partial charge on any atom is -0.493 e. The zero-order chi connectivity index (χ0) is 13.1. The summed E-state index contributed by atoms with van der Waals surface area (Å²) in [4.78, 5) is 10.2. The number of hydrogen-bond acceptors (Lipinski definition) is 3. The number of rotatable bonds is 5. The Bertz CT molecular complexity index is 418. The molecule has 0 aromatic heterocycles. The zero-order valence-corrected chi connectivity index (χ0v) is 9.37. The second-order valence-corrected chi connectivity index (χ2v) is 3.26. The van der Waals surface area contributed by atoms with Crippen LogP contribution in [0.4, 0.5) is 8.78 Å². The van der Waals surface area contributed by atoms with E-state index in [-0.39, 0.29) is 11.5 Å². The first-order valence-electron chi connectivity index (χ1n) is 4.88. The Balaban J connectivity index is 3.02. The lowest BCUT2D eigenvalue weighted by Gasteiger charge is -2.16. The molecular weight excluding hydrogens is 234 g/mol. The van der Waals surface area contributed by atoms with Crippen molar-refractivity contribution in [3.63, 3.8) is 0 Å². The summed E-state index contributed by atoms with van der Waals surface area (Å²) < 4.78 is 34.7. The Kier molecular flexibility index (Phi) is 3.88. The van der Waals surface area contributed by atoms with Gasteiger partial charge in [0.25, 0.3) is 0 Å². The van der Waals surface area contributed by atoms with Crippen LogP contribution in [-0.2, 0) is 11.2 Å². The number of alkyl halides is 2. The molecule has 4 nitrogen and oxygen atoms in total. The molecule has 1 rings (SSSR count). The van der Waals surface area contributed by atoms with E-state index in [9.17, 15) is 13.6 Å². The molecule has 0 atom stereocenters. The van der Waals surface area contributed by atoms with Gasteiger partial charge < -0.3 is 14.6 Å². The van der Waals surface area contributed by atoms with Crippen LogP contribution in [0.15, 0.2) is 18.2 Å². The molecule has 0 saturated heterocycles. The number of methoxy groups -OCH3 is 1. The second-order valence-electron chi connectivity index (χ2n) is 3.26. The van der Waals surface area contributed by atoms with Crippen LogP contribution in [0.1, 0.15) is 12.5 Å². The Hall–Kier alpha value is -1.85. The van der Waals surface area contributed by atoms with Crippen molar-refractivity contribution in [3.05, 3.63) is 23.8 Å². The smallest absolute Gasteiger partial charge is 0.493 e. The average molecular weight is 246 g/mol. The maximum atomic E-state index is 12.9. The van der Waals surface area contributed by atoms with Gasteiger partial charge in [0, 0.05) is 0 Å². The first-order valence-corrected chi connectivity index (χ1v) is 4.88. The topological polar surface area (TPSA) is 55.8 Å². The van der Waals surface area contributed by atoms with Gasteiger partial charge in [-0.1, -0.05) is 13.0 Å². The average Bonchev–Trinajstić information content (AvgIpc) is 2.29. The molecule has 0 unspecified atom stereocenters. The van der Waals surface area contributed by atoms with Crippen molar-refractivity contribution >= 4 is 5.97 Å². The van der Waals surface area contributed by atoms with Gasteiger partial charge in [-0.3, -0.25) is 0 Å². The molecule has 0 bridgehead atoms. The summed E-state index contributed by atoms with van der Waals surface area (Å²) in [6.45, 7) is 1.89. The predicted molar refractivity (Wildman–Crippen MR) is 55.6 cm³/mol. The Morgan fingerprint density at radius 1 is 1.41 bits per heavy atom. The number of carbonyl (C=O) groups is 1. The van der Waals surface area contributed by atoms with Gasteiger partial charge in [0.1, 0.15) is 0 Å². The minimum absolute atomic E-state index is 0.0743. The molecule has 0 heterocycles. The summed E-state index contributed by atoms with van der Waals surface area (Å²) in [7, 11) is 1.29. The molecule has 0 aliphatic heterocycles. The van der Waals surface area contributed by atoms with Crippen molar-refractivity contribution in [2.45, 2.75) is 19.5 Å². The molecule has 0 fully saturated rings. The lowest BCUT2D eigenvalue weighted by molar-refractivity contribution is -0.211. The van der Waals surface area contributed by atoms with Crippen LogP contribution in [0.3, 0.4) is 0 Å². The molecular formula is C11H12F2O4. The zero-order valence-electron chi connectivity index (χ0n) is 9.37. The van der Waals surface area contributed by atoms with Crippen molar-refractivity contribution in [3.8, 4) is 11.5 Å². The highest BCUT2D eigenvalue weighted by Gasteiger charge is 2.43. The van der Waals surface area contributed by atoms with Crippen molar-refractivity contribution in [2.24, 2.45) is 0 Å². The molecule has 0 aliphatic carbocycles. The quantitative estimate of drug-likeness (QED) is 0.866. The molecule has 0 aliphatic rings. The number of halogens is 2. The number of aliphatic carboxylic acids is 1. The number of aryl methyl sites for hydroxylation is 1. The van der Waals surface area contributed by atoms with E-state index >= 15 is 0 Å². The van der Waals surface area contributed by atoms with E-state index in [1.165, 1.54) is 19.2 Å². The molecule has 1 N–H and O–H groups in total. The van der Waals surface area contributed by atoms with Gasteiger partial charge in [0.05, 0.1) is 7.11 Å². The fourth-order valence-electron chi connectivity index (χ4n) is 1.20. The Morgan fingerprint density at radius 2 is 2.06 bits per heavy atom. The van der Waals surface area contributed by atoms with Crippen LogP contribution in [0, 0.1) is 0 Å². The fourth-order valence-corrected chi connectivity index (χ4v) is 1.20. The van der Waals surface area contributed by atoms with E-state index in [4.69, 9.17) is 9.84 Å². The third-order valence-electron chi connectivity index (χ3n) is 2.12. The summed E-state index contributed by atoms with van der Waals surface area (Å²) in [5.41, 5.74) is 0.868. The first-order chi connectivity index (χ1) is 7.90. The normalized spacial score (nSPS) is 11.1. The van der Waals surface area contributed by atoms with Gasteiger partial charge in [-0.25, -0.2) is 4.79 Å². The van der Waals surface area contributed by atoms with Crippen LogP contribution in [-0.4, -0.2) is 24.3 Å². The highest BCUT2D eigenvalue weighted by Crippen LogP contribution is 2.32. The molecule has 1 aromatic rings. The third-order valence-corrected chi connectivity index (χ3v) is 2.12. The highest BCUT2D eigenvalue weighted by atomic mass is 19.3.